The lowest BCUT2D eigenvalue weighted by Gasteiger charge is -2.31. The van der Waals surface area contributed by atoms with Gasteiger partial charge in [0.25, 0.3) is 0 Å². The van der Waals surface area contributed by atoms with E-state index in [0.717, 1.165) is 31.8 Å². The molecular weight excluding hydrogens is 202 g/mol. The maximum atomic E-state index is 5.48. The highest BCUT2D eigenvalue weighted by Gasteiger charge is 2.37. The predicted molar refractivity (Wildman–Crippen MR) is 62.2 cm³/mol. The van der Waals surface area contributed by atoms with Crippen LogP contribution in [-0.4, -0.2) is 30.2 Å². The zero-order valence-electron chi connectivity index (χ0n) is 9.52. The van der Waals surface area contributed by atoms with Crippen LogP contribution in [0.25, 0.3) is 0 Å². The van der Waals surface area contributed by atoms with Gasteiger partial charge in [0.05, 0.1) is 6.26 Å². The van der Waals surface area contributed by atoms with Gasteiger partial charge in [-0.3, -0.25) is 5.43 Å². The van der Waals surface area contributed by atoms with E-state index in [1.807, 2.05) is 12.1 Å². The second-order valence-electron chi connectivity index (χ2n) is 4.48. The van der Waals surface area contributed by atoms with Crippen LogP contribution in [-0.2, 0) is 0 Å². The normalized spacial score (nSPS) is 29.7. The molecule has 1 saturated heterocycles. The van der Waals surface area contributed by atoms with E-state index in [4.69, 9.17) is 4.42 Å². The highest BCUT2D eigenvalue weighted by molar-refractivity contribution is 5.89. The zero-order valence-corrected chi connectivity index (χ0v) is 9.52. The monoisotopic (exact) mass is 219 g/mol. The van der Waals surface area contributed by atoms with Crippen molar-refractivity contribution < 1.29 is 4.42 Å². The number of nitrogens with one attached hydrogen (secondary N) is 1. The number of fused-ring (bicyclic) bond motifs is 1. The highest BCUT2D eigenvalue weighted by Crippen LogP contribution is 2.32. The van der Waals surface area contributed by atoms with Gasteiger partial charge >= 0.3 is 0 Å². The van der Waals surface area contributed by atoms with Crippen molar-refractivity contribution in [2.45, 2.75) is 19.4 Å². The number of likely N-dealkylation sites (tertiary alicyclic amines) is 1. The minimum absolute atomic E-state index is 0.236. The van der Waals surface area contributed by atoms with Crippen molar-refractivity contribution in [1.29, 1.82) is 0 Å². The quantitative estimate of drug-likeness (QED) is 0.821. The molecule has 0 aliphatic carbocycles. The third-order valence-electron chi connectivity index (χ3n) is 3.61. The van der Waals surface area contributed by atoms with Crippen molar-refractivity contribution in [2.75, 3.05) is 19.6 Å². The summed E-state index contributed by atoms with van der Waals surface area (Å²) >= 11 is 0. The maximum absolute atomic E-state index is 5.48. The summed E-state index contributed by atoms with van der Waals surface area (Å²) in [5.74, 6) is 1.49. The summed E-state index contributed by atoms with van der Waals surface area (Å²) < 4.78 is 5.48. The summed E-state index contributed by atoms with van der Waals surface area (Å²) in [5, 5.41) is 4.44. The lowest BCUT2D eigenvalue weighted by Crippen LogP contribution is -2.41. The molecule has 2 aliphatic rings. The lowest BCUT2D eigenvalue weighted by molar-refractivity contribution is 0.230. The topological polar surface area (TPSA) is 40.8 Å². The molecule has 2 aliphatic heterocycles. The Hall–Kier alpha value is -1.29. The van der Waals surface area contributed by atoms with E-state index in [1.54, 1.807) is 6.26 Å². The fraction of sp³-hybridized carbons (Fsp3) is 0.583. The molecule has 16 heavy (non-hydrogen) atoms. The van der Waals surface area contributed by atoms with Gasteiger partial charge < -0.3 is 9.32 Å². The Kier molecular flexibility index (Phi) is 2.44. The zero-order chi connectivity index (χ0) is 11.0. The van der Waals surface area contributed by atoms with E-state index in [9.17, 15) is 0 Å². The third-order valence-corrected chi connectivity index (χ3v) is 3.61. The highest BCUT2D eigenvalue weighted by atomic mass is 16.3. The molecule has 2 unspecified atom stereocenters. The van der Waals surface area contributed by atoms with Crippen molar-refractivity contribution >= 4 is 5.71 Å². The molecule has 3 heterocycles. The molecule has 1 aromatic heterocycles. The summed E-state index contributed by atoms with van der Waals surface area (Å²) in [6.07, 6.45) is 2.82. The Morgan fingerprint density at radius 1 is 1.62 bits per heavy atom. The molecule has 1 aromatic rings. The van der Waals surface area contributed by atoms with E-state index in [2.05, 4.69) is 22.4 Å². The largest absolute Gasteiger partial charge is 0.467 e. The number of hydrogen-bond donors (Lipinski definition) is 1. The van der Waals surface area contributed by atoms with Crippen molar-refractivity contribution in [3.63, 3.8) is 0 Å². The number of piperidine rings is 1. The summed E-state index contributed by atoms with van der Waals surface area (Å²) in [7, 11) is 0. The summed E-state index contributed by atoms with van der Waals surface area (Å²) in [5.41, 5.74) is 4.52. The number of hydrogen-bond acceptors (Lipinski definition) is 4. The SMILES string of the molecule is CCN1CCC2=NNC(c3ccco3)C2C1. The van der Waals surface area contributed by atoms with Gasteiger partial charge in [-0.2, -0.15) is 5.10 Å². The van der Waals surface area contributed by atoms with E-state index in [0.29, 0.717) is 5.92 Å². The first kappa shape index (κ1) is 9.90. The fourth-order valence-corrected chi connectivity index (χ4v) is 2.63. The van der Waals surface area contributed by atoms with Gasteiger partial charge in [-0.1, -0.05) is 6.92 Å². The summed E-state index contributed by atoms with van der Waals surface area (Å²) in [4.78, 5) is 2.48. The van der Waals surface area contributed by atoms with Crippen molar-refractivity contribution in [3.8, 4) is 0 Å². The Balaban J connectivity index is 1.80. The average molecular weight is 219 g/mol. The van der Waals surface area contributed by atoms with E-state index in [1.165, 1.54) is 5.71 Å². The minimum atomic E-state index is 0.236. The van der Waals surface area contributed by atoms with Crippen LogP contribution in [0.5, 0.6) is 0 Å². The molecule has 0 spiro atoms. The van der Waals surface area contributed by atoms with Gasteiger partial charge in [-0.05, 0) is 18.7 Å². The van der Waals surface area contributed by atoms with Crippen LogP contribution < -0.4 is 5.43 Å². The molecule has 0 radical (unpaired) electrons. The molecule has 4 nitrogen and oxygen atoms in total. The lowest BCUT2D eigenvalue weighted by atomic mass is 9.89. The van der Waals surface area contributed by atoms with Crippen molar-refractivity contribution in [2.24, 2.45) is 11.0 Å². The van der Waals surface area contributed by atoms with E-state index < -0.39 is 0 Å². The second-order valence-corrected chi connectivity index (χ2v) is 4.48. The van der Waals surface area contributed by atoms with Crippen LogP contribution in [0.3, 0.4) is 0 Å². The Labute approximate surface area is 95.3 Å². The molecule has 4 heteroatoms. The standard InChI is InChI=1S/C12H17N3O/c1-2-15-6-5-10-9(8-15)12(14-13-10)11-4-3-7-16-11/h3-4,7,9,12,14H,2,5-6,8H2,1H3. The smallest absolute Gasteiger partial charge is 0.128 e. The molecule has 1 N–H and O–H groups in total. The number of furan rings is 1. The Bertz CT molecular complexity index is 385. The van der Waals surface area contributed by atoms with Crippen LogP contribution in [0.1, 0.15) is 25.1 Å². The molecular formula is C12H17N3O. The molecule has 86 valence electrons. The first-order valence-corrected chi connectivity index (χ1v) is 5.96. The van der Waals surface area contributed by atoms with Crippen LogP contribution >= 0.6 is 0 Å². The van der Waals surface area contributed by atoms with Gasteiger partial charge in [0.15, 0.2) is 0 Å². The molecule has 2 atom stereocenters. The van der Waals surface area contributed by atoms with Gasteiger partial charge in [0.1, 0.15) is 11.8 Å². The molecule has 1 fully saturated rings. The van der Waals surface area contributed by atoms with Gasteiger partial charge in [-0.15, -0.1) is 0 Å². The maximum Gasteiger partial charge on any atom is 0.128 e. The van der Waals surface area contributed by atoms with E-state index in [-0.39, 0.29) is 6.04 Å². The van der Waals surface area contributed by atoms with E-state index >= 15 is 0 Å². The Morgan fingerprint density at radius 3 is 3.31 bits per heavy atom. The van der Waals surface area contributed by atoms with Gasteiger partial charge in [-0.25, -0.2) is 0 Å². The molecule has 0 amide bonds. The summed E-state index contributed by atoms with van der Waals surface area (Å²) in [6, 6.07) is 4.20. The fourth-order valence-electron chi connectivity index (χ4n) is 2.63. The van der Waals surface area contributed by atoms with Crippen molar-refractivity contribution in [1.82, 2.24) is 10.3 Å². The minimum Gasteiger partial charge on any atom is -0.467 e. The van der Waals surface area contributed by atoms with Gasteiger partial charge in [0, 0.05) is 31.1 Å². The molecule has 0 bridgehead atoms. The molecule has 0 aromatic carbocycles. The molecule has 3 rings (SSSR count). The third kappa shape index (κ3) is 1.53. The average Bonchev–Trinajstić information content (AvgIpc) is 2.96. The predicted octanol–water partition coefficient (Wildman–Crippen LogP) is 1.62. The van der Waals surface area contributed by atoms with Crippen LogP contribution in [0, 0.1) is 5.92 Å². The van der Waals surface area contributed by atoms with Crippen LogP contribution in [0.15, 0.2) is 27.9 Å². The first-order valence-electron chi connectivity index (χ1n) is 5.96. The van der Waals surface area contributed by atoms with Crippen molar-refractivity contribution in [3.05, 3.63) is 24.2 Å². The van der Waals surface area contributed by atoms with Crippen LogP contribution in [0.4, 0.5) is 0 Å². The number of rotatable bonds is 2. The number of hydrazone groups is 1. The second kappa shape index (κ2) is 3.94. The Morgan fingerprint density at radius 2 is 2.56 bits per heavy atom. The first-order chi connectivity index (χ1) is 7.88. The summed E-state index contributed by atoms with van der Waals surface area (Å²) in [6.45, 7) is 5.56. The van der Waals surface area contributed by atoms with Gasteiger partial charge in [0.2, 0.25) is 0 Å². The molecule has 0 saturated carbocycles. The number of nitrogens with zero attached hydrogens (tertiary/aromatic N) is 2. The van der Waals surface area contributed by atoms with Crippen LogP contribution in [0.2, 0.25) is 0 Å².